The highest BCUT2D eigenvalue weighted by Gasteiger charge is 2.32. The second-order valence-electron chi connectivity index (χ2n) is 7.63. The number of nitrogens with zero attached hydrogens (tertiary/aromatic N) is 1. The molecule has 2 amide bonds. The number of pyridine rings is 1. The molecular formula is C25H26ClF2N3O3. The van der Waals surface area contributed by atoms with E-state index in [2.05, 4.69) is 16.0 Å². The lowest BCUT2D eigenvalue weighted by Gasteiger charge is -2.19. The normalized spacial score (nSPS) is 11.8. The molecule has 6 nitrogen and oxygen atoms in total. The summed E-state index contributed by atoms with van der Waals surface area (Å²) in [7, 11) is 1.55. The van der Waals surface area contributed by atoms with Crippen molar-refractivity contribution in [3.8, 4) is 0 Å². The molecule has 0 radical (unpaired) electrons. The molecule has 9 heteroatoms. The Hall–Kier alpha value is -3.39. The van der Waals surface area contributed by atoms with Crippen LogP contribution in [0.3, 0.4) is 0 Å². The van der Waals surface area contributed by atoms with Gasteiger partial charge < -0.3 is 15.8 Å². The minimum atomic E-state index is -3.05. The van der Waals surface area contributed by atoms with Gasteiger partial charge in [-0.15, -0.1) is 0 Å². The van der Waals surface area contributed by atoms with Crippen LogP contribution in [0.4, 0.5) is 8.78 Å². The summed E-state index contributed by atoms with van der Waals surface area (Å²) in [5.41, 5.74) is 6.47. The van der Waals surface area contributed by atoms with Crippen LogP contribution in [-0.2, 0) is 26.7 Å². The van der Waals surface area contributed by atoms with Crippen LogP contribution in [0, 0.1) is 6.92 Å². The largest absolute Gasteiger partial charge is 0.372 e. The van der Waals surface area contributed by atoms with Crippen LogP contribution < -0.4 is 11.1 Å². The number of aldehydes is 1. The third kappa shape index (κ3) is 6.81. The van der Waals surface area contributed by atoms with Crippen molar-refractivity contribution < 1.29 is 23.2 Å². The summed E-state index contributed by atoms with van der Waals surface area (Å²) >= 11 is 5.80. The summed E-state index contributed by atoms with van der Waals surface area (Å²) in [5.74, 6) is -3.74. The van der Waals surface area contributed by atoms with E-state index in [0.717, 1.165) is 17.2 Å². The number of primary amides is 1. The topological polar surface area (TPSA) is 102 Å². The molecule has 180 valence electrons. The van der Waals surface area contributed by atoms with E-state index in [1.165, 1.54) is 24.3 Å². The number of aromatic nitrogens is 1. The van der Waals surface area contributed by atoms with E-state index in [1.807, 2.05) is 6.07 Å². The molecule has 0 saturated heterocycles. The van der Waals surface area contributed by atoms with Crippen molar-refractivity contribution in [2.45, 2.75) is 38.0 Å². The molecule has 0 saturated carbocycles. The zero-order valence-corrected chi connectivity index (χ0v) is 19.6. The van der Waals surface area contributed by atoms with Crippen LogP contribution in [0.5, 0.6) is 0 Å². The van der Waals surface area contributed by atoms with Gasteiger partial charge in [0.15, 0.2) is 0 Å². The quantitative estimate of drug-likeness (QED) is 0.456. The van der Waals surface area contributed by atoms with E-state index in [4.69, 9.17) is 16.4 Å². The van der Waals surface area contributed by atoms with Gasteiger partial charge in [0.1, 0.15) is 6.29 Å². The molecule has 3 rings (SSSR count). The van der Waals surface area contributed by atoms with Crippen molar-refractivity contribution in [3.05, 3.63) is 75.9 Å². The highest BCUT2D eigenvalue weighted by atomic mass is 35.5. The fourth-order valence-electron chi connectivity index (χ4n) is 3.68. The van der Waals surface area contributed by atoms with Crippen LogP contribution in [-0.4, -0.2) is 30.6 Å². The predicted molar refractivity (Wildman–Crippen MR) is 128 cm³/mol. The van der Waals surface area contributed by atoms with E-state index in [1.54, 1.807) is 32.2 Å². The summed E-state index contributed by atoms with van der Waals surface area (Å²) in [4.78, 5) is 36.3. The van der Waals surface area contributed by atoms with Crippen LogP contribution in [0.2, 0.25) is 5.02 Å². The fourth-order valence-corrected chi connectivity index (χ4v) is 3.80. The van der Waals surface area contributed by atoms with Gasteiger partial charge in [-0.05, 0) is 48.7 Å². The zero-order chi connectivity index (χ0) is 25.3. The molecule has 3 N–H and O–H groups in total. The second kappa shape index (κ2) is 12.2. The van der Waals surface area contributed by atoms with E-state index in [-0.39, 0.29) is 24.3 Å². The maximum absolute atomic E-state index is 14.7. The lowest BCUT2D eigenvalue weighted by Crippen LogP contribution is -2.26. The first kappa shape index (κ1) is 26.9. The van der Waals surface area contributed by atoms with Crippen molar-refractivity contribution in [3.63, 3.8) is 0 Å². The second-order valence-corrected chi connectivity index (χ2v) is 8.06. The van der Waals surface area contributed by atoms with Gasteiger partial charge in [0, 0.05) is 41.6 Å². The molecule has 2 aromatic carbocycles. The molecular weight excluding hydrogens is 464 g/mol. The molecule has 1 unspecified atom stereocenters. The van der Waals surface area contributed by atoms with E-state index in [9.17, 15) is 18.4 Å². The van der Waals surface area contributed by atoms with E-state index in [0.29, 0.717) is 28.2 Å². The Morgan fingerprint density at radius 3 is 2.41 bits per heavy atom. The van der Waals surface area contributed by atoms with Crippen LogP contribution in [0.25, 0.3) is 10.9 Å². The molecule has 0 fully saturated rings. The minimum absolute atomic E-state index is 0.0971. The van der Waals surface area contributed by atoms with Gasteiger partial charge in [-0.3, -0.25) is 14.6 Å². The first-order valence-electron chi connectivity index (χ1n) is 10.5. The fraction of sp³-hybridized carbons (Fsp3) is 0.280. The summed E-state index contributed by atoms with van der Waals surface area (Å²) in [6.45, 7) is 1.78. The Balaban J connectivity index is 0.00000129. The van der Waals surface area contributed by atoms with Gasteiger partial charge in [-0.2, -0.15) is 0 Å². The average molecular weight is 490 g/mol. The van der Waals surface area contributed by atoms with Crippen molar-refractivity contribution in [1.82, 2.24) is 10.3 Å². The summed E-state index contributed by atoms with van der Waals surface area (Å²) in [5, 5.41) is 3.78. The average Bonchev–Trinajstić information content (AvgIpc) is 2.80. The number of aryl methyl sites for hydroxylation is 1. The molecule has 0 spiro atoms. The maximum Gasteiger partial charge on any atom is 0.277 e. The molecule has 1 atom stereocenters. The monoisotopic (exact) mass is 489 g/mol. The molecule has 0 aliphatic carbocycles. The van der Waals surface area contributed by atoms with Gasteiger partial charge in [0.05, 0.1) is 11.4 Å². The SMILES string of the molecule is CNC(=O)C(CCC=O)c1cc2ccc(CC(F)(F)c3ccc(Cl)cc3)cc2nc1C.NC=O. The molecule has 3 aromatic rings. The van der Waals surface area contributed by atoms with Gasteiger partial charge in [-0.1, -0.05) is 35.9 Å². The highest BCUT2D eigenvalue weighted by molar-refractivity contribution is 6.30. The first-order chi connectivity index (χ1) is 16.2. The summed E-state index contributed by atoms with van der Waals surface area (Å²) in [6.07, 6.45) is 1.21. The van der Waals surface area contributed by atoms with Crippen LogP contribution in [0.1, 0.15) is 41.1 Å². The third-order valence-corrected chi connectivity index (χ3v) is 5.57. The maximum atomic E-state index is 14.7. The molecule has 1 aromatic heterocycles. The minimum Gasteiger partial charge on any atom is -0.372 e. The van der Waals surface area contributed by atoms with Crippen molar-refractivity contribution >= 4 is 41.1 Å². The van der Waals surface area contributed by atoms with Gasteiger partial charge in [-0.25, -0.2) is 8.78 Å². The van der Waals surface area contributed by atoms with Crippen molar-refractivity contribution in [2.24, 2.45) is 5.73 Å². The number of hydrogen-bond donors (Lipinski definition) is 2. The van der Waals surface area contributed by atoms with Gasteiger partial charge >= 0.3 is 0 Å². The van der Waals surface area contributed by atoms with Crippen LogP contribution >= 0.6 is 11.6 Å². The first-order valence-corrected chi connectivity index (χ1v) is 10.9. The lowest BCUT2D eigenvalue weighted by molar-refractivity contribution is -0.122. The number of carbonyl (C=O) groups excluding carboxylic acids is 3. The number of fused-ring (bicyclic) bond motifs is 1. The zero-order valence-electron chi connectivity index (χ0n) is 18.9. The highest BCUT2D eigenvalue weighted by Crippen LogP contribution is 2.34. The number of amides is 2. The number of carbonyl (C=O) groups is 3. The smallest absolute Gasteiger partial charge is 0.277 e. The van der Waals surface area contributed by atoms with Crippen molar-refractivity contribution in [1.29, 1.82) is 0 Å². The Morgan fingerprint density at radius 1 is 1.18 bits per heavy atom. The molecule has 1 heterocycles. The number of alkyl halides is 2. The number of halogens is 3. The van der Waals surface area contributed by atoms with E-state index < -0.39 is 18.3 Å². The lowest BCUT2D eigenvalue weighted by atomic mass is 9.91. The van der Waals surface area contributed by atoms with Crippen molar-refractivity contribution in [2.75, 3.05) is 7.05 Å². The molecule has 34 heavy (non-hydrogen) atoms. The number of nitrogens with one attached hydrogen (secondary N) is 1. The van der Waals surface area contributed by atoms with Gasteiger partial charge in [0.25, 0.3) is 5.92 Å². The molecule has 0 aliphatic heterocycles. The number of benzene rings is 2. The molecule has 0 bridgehead atoms. The summed E-state index contributed by atoms with van der Waals surface area (Å²) in [6, 6.07) is 12.4. The molecule has 0 aliphatic rings. The summed E-state index contributed by atoms with van der Waals surface area (Å²) < 4.78 is 29.5. The number of likely N-dealkylation sites (N-methyl/N-ethyl adjacent to an activating group) is 1. The number of hydrogen-bond acceptors (Lipinski definition) is 4. The Kier molecular flexibility index (Phi) is 9.62. The van der Waals surface area contributed by atoms with Gasteiger partial charge in [0.2, 0.25) is 12.3 Å². The Morgan fingerprint density at radius 2 is 1.82 bits per heavy atom. The van der Waals surface area contributed by atoms with Crippen LogP contribution in [0.15, 0.2) is 48.5 Å². The Labute approximate surface area is 201 Å². The Bertz CT molecular complexity index is 1150. The number of nitrogens with two attached hydrogens (primary N) is 1. The van der Waals surface area contributed by atoms with E-state index >= 15 is 0 Å². The standard InChI is InChI=1S/C24H23ClF2N2O2.CH3NO/c1-15-21(20(4-3-11-30)23(31)28-2)13-17-6-5-16(12-22(17)29-15)14-24(26,27)18-7-9-19(25)10-8-18;2-1-3/h5-13,20H,3-4,14H2,1-2H3,(H,28,31);1H,(H2,2,3). The number of rotatable bonds is 8. The predicted octanol–water partition coefficient (Wildman–Crippen LogP) is 4.44. The third-order valence-electron chi connectivity index (χ3n) is 5.32.